The maximum Gasteiger partial charge on any atom is 0.416 e. The highest BCUT2D eigenvalue weighted by molar-refractivity contribution is 8.00. The maximum atomic E-state index is 12.7. The molecule has 1 aromatic heterocycles. The summed E-state index contributed by atoms with van der Waals surface area (Å²) in [6, 6.07) is 12.2. The molecule has 26 heavy (non-hydrogen) atoms. The summed E-state index contributed by atoms with van der Waals surface area (Å²) in [7, 11) is 0. The third kappa shape index (κ3) is 4.86. The molecule has 0 saturated heterocycles. The molecule has 0 aliphatic heterocycles. The van der Waals surface area contributed by atoms with E-state index in [0.717, 1.165) is 34.5 Å². The molecule has 1 N–H and O–H groups in total. The number of halogens is 3. The standard InChI is InChI=1S/C18H13F3N2OS2/c19-18(20,21)13-2-1-3-15(10-13)26-11-16(24)23-14-6-4-12(5-7-14)17-22-8-9-25-17/h1-10H,11H2,(H,23,24). The van der Waals surface area contributed by atoms with Crippen LogP contribution in [0.3, 0.4) is 0 Å². The largest absolute Gasteiger partial charge is 0.416 e. The van der Waals surface area contributed by atoms with E-state index >= 15 is 0 Å². The lowest BCUT2D eigenvalue weighted by Crippen LogP contribution is -2.14. The maximum absolute atomic E-state index is 12.7. The van der Waals surface area contributed by atoms with Crippen molar-refractivity contribution in [3.05, 3.63) is 65.7 Å². The predicted molar refractivity (Wildman–Crippen MR) is 98.3 cm³/mol. The van der Waals surface area contributed by atoms with Gasteiger partial charge in [0.05, 0.1) is 11.3 Å². The number of rotatable bonds is 5. The Morgan fingerprint density at radius 3 is 2.58 bits per heavy atom. The first kappa shape index (κ1) is 18.5. The molecule has 3 rings (SSSR count). The molecule has 0 aliphatic carbocycles. The number of alkyl halides is 3. The summed E-state index contributed by atoms with van der Waals surface area (Å²) in [6.07, 6.45) is -2.67. The van der Waals surface area contributed by atoms with E-state index in [1.807, 2.05) is 17.5 Å². The fourth-order valence-electron chi connectivity index (χ4n) is 2.17. The molecule has 0 aliphatic rings. The number of carbonyl (C=O) groups excluding carboxylic acids is 1. The van der Waals surface area contributed by atoms with Crippen molar-refractivity contribution in [1.29, 1.82) is 0 Å². The number of thiazole rings is 1. The second-order valence-electron chi connectivity index (χ2n) is 5.28. The van der Waals surface area contributed by atoms with Crippen LogP contribution in [0.15, 0.2) is 65.0 Å². The van der Waals surface area contributed by atoms with Gasteiger partial charge in [0.15, 0.2) is 0 Å². The second kappa shape index (κ2) is 7.92. The fourth-order valence-corrected chi connectivity index (χ4v) is 3.57. The minimum absolute atomic E-state index is 0.0234. The fraction of sp³-hybridized carbons (Fsp3) is 0.111. The van der Waals surface area contributed by atoms with Crippen molar-refractivity contribution in [2.75, 3.05) is 11.1 Å². The second-order valence-corrected chi connectivity index (χ2v) is 7.22. The normalized spacial score (nSPS) is 11.3. The first-order valence-corrected chi connectivity index (χ1v) is 9.38. The van der Waals surface area contributed by atoms with E-state index < -0.39 is 11.7 Å². The van der Waals surface area contributed by atoms with E-state index in [-0.39, 0.29) is 11.7 Å². The van der Waals surface area contributed by atoms with E-state index in [0.29, 0.717) is 10.6 Å². The van der Waals surface area contributed by atoms with Crippen LogP contribution in [0, 0.1) is 0 Å². The Balaban J connectivity index is 1.56. The average molecular weight is 394 g/mol. The Morgan fingerprint density at radius 2 is 1.92 bits per heavy atom. The van der Waals surface area contributed by atoms with Gasteiger partial charge in [-0.1, -0.05) is 6.07 Å². The quantitative estimate of drug-likeness (QED) is 0.576. The molecule has 1 amide bonds. The number of nitrogens with zero attached hydrogens (tertiary/aromatic N) is 1. The van der Waals surface area contributed by atoms with Crippen molar-refractivity contribution in [3.8, 4) is 10.6 Å². The van der Waals surface area contributed by atoms with Gasteiger partial charge in [-0.25, -0.2) is 4.98 Å². The number of benzene rings is 2. The topological polar surface area (TPSA) is 42.0 Å². The third-order valence-electron chi connectivity index (χ3n) is 3.38. The molecule has 2 aromatic carbocycles. The van der Waals surface area contributed by atoms with E-state index in [1.165, 1.54) is 17.4 Å². The average Bonchev–Trinajstić information content (AvgIpc) is 3.15. The summed E-state index contributed by atoms with van der Waals surface area (Å²) < 4.78 is 38.1. The molecule has 3 aromatic rings. The Hall–Kier alpha value is -2.32. The van der Waals surface area contributed by atoms with Gasteiger partial charge >= 0.3 is 6.18 Å². The smallest absolute Gasteiger partial charge is 0.325 e. The number of aromatic nitrogens is 1. The van der Waals surface area contributed by atoms with Crippen LogP contribution >= 0.6 is 23.1 Å². The summed E-state index contributed by atoms with van der Waals surface area (Å²) in [5.74, 6) is -0.260. The number of hydrogen-bond donors (Lipinski definition) is 1. The van der Waals surface area contributed by atoms with Crippen LogP contribution in [-0.2, 0) is 11.0 Å². The molecule has 0 fully saturated rings. The minimum atomic E-state index is -4.39. The van der Waals surface area contributed by atoms with Gasteiger partial charge in [-0.15, -0.1) is 23.1 Å². The molecule has 0 bridgehead atoms. The highest BCUT2D eigenvalue weighted by Crippen LogP contribution is 2.32. The van der Waals surface area contributed by atoms with Gasteiger partial charge in [0, 0.05) is 27.7 Å². The molecule has 1 heterocycles. The zero-order valence-corrected chi connectivity index (χ0v) is 14.9. The first-order valence-electron chi connectivity index (χ1n) is 7.52. The Labute approximate surface area is 156 Å². The van der Waals surface area contributed by atoms with Crippen LogP contribution in [-0.4, -0.2) is 16.6 Å². The van der Waals surface area contributed by atoms with Gasteiger partial charge in [0.2, 0.25) is 5.91 Å². The lowest BCUT2D eigenvalue weighted by atomic mass is 10.2. The summed E-state index contributed by atoms with van der Waals surface area (Å²) in [5, 5.41) is 5.51. The highest BCUT2D eigenvalue weighted by Gasteiger charge is 2.30. The number of amides is 1. The summed E-state index contributed by atoms with van der Waals surface area (Å²) in [5.41, 5.74) is 0.858. The highest BCUT2D eigenvalue weighted by atomic mass is 32.2. The van der Waals surface area contributed by atoms with Crippen molar-refractivity contribution in [2.24, 2.45) is 0 Å². The van der Waals surface area contributed by atoms with Crippen molar-refractivity contribution >= 4 is 34.7 Å². The van der Waals surface area contributed by atoms with Crippen molar-refractivity contribution in [1.82, 2.24) is 4.98 Å². The van der Waals surface area contributed by atoms with E-state index in [4.69, 9.17) is 0 Å². The summed E-state index contributed by atoms with van der Waals surface area (Å²) >= 11 is 2.58. The molecular weight excluding hydrogens is 381 g/mol. The van der Waals surface area contributed by atoms with Crippen LogP contribution in [0.2, 0.25) is 0 Å². The molecule has 0 radical (unpaired) electrons. The van der Waals surface area contributed by atoms with Gasteiger partial charge in [-0.3, -0.25) is 4.79 Å². The molecule has 8 heteroatoms. The number of thioether (sulfide) groups is 1. The van der Waals surface area contributed by atoms with Crippen LogP contribution in [0.1, 0.15) is 5.56 Å². The Kier molecular flexibility index (Phi) is 5.63. The Bertz CT molecular complexity index is 878. The molecule has 0 saturated carbocycles. The van der Waals surface area contributed by atoms with E-state index in [1.54, 1.807) is 24.4 Å². The summed E-state index contributed by atoms with van der Waals surface area (Å²) in [6.45, 7) is 0. The number of anilines is 1. The van der Waals surface area contributed by atoms with Crippen LogP contribution in [0.25, 0.3) is 10.6 Å². The molecule has 0 atom stereocenters. The van der Waals surface area contributed by atoms with Gasteiger partial charge < -0.3 is 5.32 Å². The minimum Gasteiger partial charge on any atom is -0.325 e. The number of nitrogens with one attached hydrogen (secondary N) is 1. The molecule has 3 nitrogen and oxygen atoms in total. The van der Waals surface area contributed by atoms with Crippen LogP contribution in [0.4, 0.5) is 18.9 Å². The molecule has 0 unspecified atom stereocenters. The summed E-state index contributed by atoms with van der Waals surface area (Å²) in [4.78, 5) is 16.6. The zero-order chi connectivity index (χ0) is 18.6. The van der Waals surface area contributed by atoms with Gasteiger partial charge in [0.25, 0.3) is 0 Å². The van der Waals surface area contributed by atoms with Crippen molar-refractivity contribution in [2.45, 2.75) is 11.1 Å². The Morgan fingerprint density at radius 1 is 1.15 bits per heavy atom. The van der Waals surface area contributed by atoms with Crippen LogP contribution < -0.4 is 5.32 Å². The lowest BCUT2D eigenvalue weighted by molar-refractivity contribution is -0.137. The number of hydrogen-bond acceptors (Lipinski definition) is 4. The van der Waals surface area contributed by atoms with Crippen molar-refractivity contribution < 1.29 is 18.0 Å². The van der Waals surface area contributed by atoms with Gasteiger partial charge in [-0.2, -0.15) is 13.2 Å². The van der Waals surface area contributed by atoms with Crippen molar-refractivity contribution in [3.63, 3.8) is 0 Å². The first-order chi connectivity index (χ1) is 12.4. The van der Waals surface area contributed by atoms with Gasteiger partial charge in [-0.05, 0) is 42.5 Å². The molecule has 134 valence electrons. The molecular formula is C18H13F3N2OS2. The van der Waals surface area contributed by atoms with Gasteiger partial charge in [0.1, 0.15) is 5.01 Å². The zero-order valence-electron chi connectivity index (χ0n) is 13.3. The third-order valence-corrected chi connectivity index (χ3v) is 5.20. The predicted octanol–water partition coefficient (Wildman–Crippen LogP) is 5.56. The monoisotopic (exact) mass is 394 g/mol. The van der Waals surface area contributed by atoms with Crippen LogP contribution in [0.5, 0.6) is 0 Å². The SMILES string of the molecule is O=C(CSc1cccc(C(F)(F)F)c1)Nc1ccc(-c2nccs2)cc1. The number of carbonyl (C=O) groups is 1. The van der Waals surface area contributed by atoms with E-state index in [9.17, 15) is 18.0 Å². The van der Waals surface area contributed by atoms with E-state index in [2.05, 4.69) is 10.3 Å². The lowest BCUT2D eigenvalue weighted by Gasteiger charge is -2.09. The molecule has 0 spiro atoms.